The number of thioether (sulfide) groups is 1. The average Bonchev–Trinajstić information content (AvgIpc) is 2.04. The second-order valence-corrected chi connectivity index (χ2v) is 4.82. The van der Waals surface area contributed by atoms with Gasteiger partial charge in [-0.25, -0.2) is 0 Å². The predicted molar refractivity (Wildman–Crippen MR) is 60.6 cm³/mol. The van der Waals surface area contributed by atoms with E-state index in [1.54, 1.807) is 17.8 Å². The first-order valence-corrected chi connectivity index (χ1v) is 5.54. The molecule has 0 aliphatic heterocycles. The fourth-order valence-electron chi connectivity index (χ4n) is 0.713. The van der Waals surface area contributed by atoms with Crippen molar-refractivity contribution >= 4 is 23.4 Å². The summed E-state index contributed by atoms with van der Waals surface area (Å²) in [6.45, 7) is 6.14. The summed E-state index contributed by atoms with van der Waals surface area (Å²) in [6, 6.07) is 1.95. The predicted octanol–water partition coefficient (Wildman–Crippen LogP) is 3.93. The van der Waals surface area contributed by atoms with Gasteiger partial charge in [-0.3, -0.25) is 0 Å². The van der Waals surface area contributed by atoms with E-state index < -0.39 is 0 Å². The lowest BCUT2D eigenvalue weighted by Gasteiger charge is -2.19. The van der Waals surface area contributed by atoms with Crippen LogP contribution in [0.3, 0.4) is 0 Å². The van der Waals surface area contributed by atoms with Gasteiger partial charge in [-0.1, -0.05) is 32.4 Å². The number of nitrogens with zero attached hydrogens (tertiary/aromatic N) is 1. The first-order chi connectivity index (χ1) is 5.93. The largest absolute Gasteiger partial charge is 0.193 e. The number of rotatable bonds is 2. The smallest absolute Gasteiger partial charge is 0.0912 e. The molecule has 0 fully saturated rings. The maximum absolute atomic E-state index is 8.38. The van der Waals surface area contributed by atoms with E-state index in [0.29, 0.717) is 0 Å². The molecule has 0 spiro atoms. The summed E-state index contributed by atoms with van der Waals surface area (Å²) in [7, 11) is 0. The zero-order chi connectivity index (χ0) is 10.5. The molecule has 0 saturated carbocycles. The molecule has 0 aromatic carbocycles. The lowest BCUT2D eigenvalue weighted by Crippen LogP contribution is -2.06. The summed E-state index contributed by atoms with van der Waals surface area (Å²) in [4.78, 5) is 0.954. The number of halogens is 1. The zero-order valence-electron chi connectivity index (χ0n) is 8.39. The maximum atomic E-state index is 8.38. The van der Waals surface area contributed by atoms with Crippen molar-refractivity contribution in [2.45, 2.75) is 20.8 Å². The van der Waals surface area contributed by atoms with Crippen LogP contribution in [-0.4, -0.2) is 6.26 Å². The Bertz CT molecular complexity index is 266. The van der Waals surface area contributed by atoms with Crippen LogP contribution < -0.4 is 0 Å². The summed E-state index contributed by atoms with van der Waals surface area (Å²) >= 11 is 7.71. The molecule has 0 radical (unpaired) electrons. The third kappa shape index (κ3) is 4.40. The highest BCUT2D eigenvalue weighted by Crippen LogP contribution is 2.35. The van der Waals surface area contributed by atoms with Crippen molar-refractivity contribution in [3.8, 4) is 6.07 Å². The molecular formula is C10H14ClNS. The van der Waals surface area contributed by atoms with Gasteiger partial charge in [0.25, 0.3) is 0 Å². The van der Waals surface area contributed by atoms with Crippen LogP contribution >= 0.6 is 23.4 Å². The van der Waals surface area contributed by atoms with E-state index in [0.717, 1.165) is 9.94 Å². The van der Waals surface area contributed by atoms with Crippen molar-refractivity contribution in [1.29, 1.82) is 5.26 Å². The van der Waals surface area contributed by atoms with Crippen LogP contribution in [0.4, 0.5) is 0 Å². The molecule has 0 aromatic heterocycles. The van der Waals surface area contributed by atoms with Gasteiger partial charge in [0.1, 0.15) is 0 Å². The van der Waals surface area contributed by atoms with E-state index in [9.17, 15) is 0 Å². The molecule has 0 bridgehead atoms. The van der Waals surface area contributed by atoms with Gasteiger partial charge in [-0.05, 0) is 17.7 Å². The van der Waals surface area contributed by atoms with Crippen LogP contribution in [0.5, 0.6) is 0 Å². The average molecular weight is 216 g/mol. The van der Waals surface area contributed by atoms with Crippen molar-refractivity contribution in [3.63, 3.8) is 0 Å². The molecule has 0 atom stereocenters. The summed E-state index contributed by atoms with van der Waals surface area (Å²) in [5, 5.41) is 9.18. The number of nitriles is 1. The van der Waals surface area contributed by atoms with Gasteiger partial charge in [0.15, 0.2) is 0 Å². The van der Waals surface area contributed by atoms with Crippen molar-refractivity contribution in [3.05, 3.63) is 22.1 Å². The van der Waals surface area contributed by atoms with Crippen LogP contribution in [0, 0.1) is 16.7 Å². The Morgan fingerprint density at radius 3 is 2.31 bits per heavy atom. The Labute approximate surface area is 89.5 Å². The van der Waals surface area contributed by atoms with E-state index in [1.165, 1.54) is 6.08 Å². The van der Waals surface area contributed by atoms with Gasteiger partial charge >= 0.3 is 0 Å². The van der Waals surface area contributed by atoms with E-state index in [4.69, 9.17) is 16.9 Å². The third-order valence-electron chi connectivity index (χ3n) is 1.40. The second kappa shape index (κ2) is 5.36. The van der Waals surface area contributed by atoms with Gasteiger partial charge in [0.2, 0.25) is 0 Å². The molecule has 0 amide bonds. The Kier molecular flexibility index (Phi) is 5.20. The zero-order valence-corrected chi connectivity index (χ0v) is 9.96. The lowest BCUT2D eigenvalue weighted by molar-refractivity contribution is 0.530. The minimum absolute atomic E-state index is 0.0559. The monoisotopic (exact) mass is 215 g/mol. The molecule has 0 unspecified atom stereocenters. The molecule has 0 N–H and O–H groups in total. The van der Waals surface area contributed by atoms with Crippen LogP contribution in [0.2, 0.25) is 0 Å². The van der Waals surface area contributed by atoms with E-state index in [1.807, 2.05) is 33.1 Å². The fraction of sp³-hybridized carbons (Fsp3) is 0.500. The standard InChI is InChI=1S/C10H14ClNS/c1-10(2,3)9(11)8(13-4)6-5-7-12/h5-6H,1-4H3/b6-5+,9-8+. The van der Waals surface area contributed by atoms with E-state index in [2.05, 4.69) is 0 Å². The minimum atomic E-state index is -0.0559. The summed E-state index contributed by atoms with van der Waals surface area (Å²) in [5.41, 5.74) is -0.0559. The van der Waals surface area contributed by atoms with E-state index in [-0.39, 0.29) is 5.41 Å². The van der Waals surface area contributed by atoms with Crippen molar-refractivity contribution in [1.82, 2.24) is 0 Å². The summed E-state index contributed by atoms with van der Waals surface area (Å²) in [6.07, 6.45) is 5.14. The van der Waals surface area contributed by atoms with Gasteiger partial charge in [-0.2, -0.15) is 5.26 Å². The van der Waals surface area contributed by atoms with Crippen LogP contribution in [0.25, 0.3) is 0 Å². The third-order valence-corrected chi connectivity index (χ3v) is 3.07. The summed E-state index contributed by atoms with van der Waals surface area (Å²) in [5.74, 6) is 0. The Balaban J connectivity index is 4.93. The molecule has 13 heavy (non-hydrogen) atoms. The molecule has 0 rings (SSSR count). The number of hydrogen-bond donors (Lipinski definition) is 0. The van der Waals surface area contributed by atoms with Crippen LogP contribution in [-0.2, 0) is 0 Å². The molecule has 0 saturated heterocycles. The van der Waals surface area contributed by atoms with Crippen molar-refractivity contribution in [2.75, 3.05) is 6.26 Å². The normalized spacial score (nSPS) is 14.2. The van der Waals surface area contributed by atoms with Gasteiger partial charge in [0, 0.05) is 16.0 Å². The first-order valence-electron chi connectivity index (χ1n) is 3.94. The van der Waals surface area contributed by atoms with E-state index >= 15 is 0 Å². The quantitative estimate of drug-likeness (QED) is 0.515. The van der Waals surface area contributed by atoms with Gasteiger partial charge < -0.3 is 0 Å². The highest BCUT2D eigenvalue weighted by Gasteiger charge is 2.17. The van der Waals surface area contributed by atoms with Crippen LogP contribution in [0.1, 0.15) is 20.8 Å². The number of hydrogen-bond acceptors (Lipinski definition) is 2. The Hall–Kier alpha value is -0.390. The number of allylic oxidation sites excluding steroid dienone is 3. The molecule has 0 aliphatic carbocycles. The lowest BCUT2D eigenvalue weighted by atomic mass is 9.96. The topological polar surface area (TPSA) is 23.8 Å². The first kappa shape index (κ1) is 12.6. The summed E-state index contributed by atoms with van der Waals surface area (Å²) < 4.78 is 0. The minimum Gasteiger partial charge on any atom is -0.193 e. The second-order valence-electron chi connectivity index (χ2n) is 3.59. The van der Waals surface area contributed by atoms with Crippen molar-refractivity contribution < 1.29 is 0 Å². The molecule has 72 valence electrons. The molecular weight excluding hydrogens is 202 g/mol. The molecule has 0 aliphatic rings. The molecule has 0 heterocycles. The fourth-order valence-corrected chi connectivity index (χ4v) is 1.70. The molecule has 3 heteroatoms. The van der Waals surface area contributed by atoms with Gasteiger partial charge in [0.05, 0.1) is 6.07 Å². The van der Waals surface area contributed by atoms with Crippen molar-refractivity contribution in [2.24, 2.45) is 5.41 Å². The highest BCUT2D eigenvalue weighted by atomic mass is 35.5. The maximum Gasteiger partial charge on any atom is 0.0912 e. The highest BCUT2D eigenvalue weighted by molar-refractivity contribution is 8.02. The SMILES string of the molecule is CSC(/C=C/C#N)=C(/Cl)C(C)(C)C. The van der Waals surface area contributed by atoms with Gasteiger partial charge in [-0.15, -0.1) is 11.8 Å². The Morgan fingerprint density at radius 1 is 1.46 bits per heavy atom. The molecule has 0 aromatic rings. The van der Waals surface area contributed by atoms with Crippen LogP contribution in [0.15, 0.2) is 22.1 Å². The molecule has 1 nitrogen and oxygen atoms in total. The Morgan fingerprint density at radius 2 is 2.00 bits per heavy atom.